The lowest BCUT2D eigenvalue weighted by molar-refractivity contribution is -0.128. The molecule has 20 heavy (non-hydrogen) atoms. The molecule has 0 atom stereocenters. The largest absolute Gasteiger partial charge is 0.355 e. The van der Waals surface area contributed by atoms with E-state index in [1.165, 1.54) is 0 Å². The Morgan fingerprint density at radius 2 is 1.95 bits per heavy atom. The highest BCUT2D eigenvalue weighted by molar-refractivity contribution is 5.73. The molecule has 2 rings (SSSR count). The first kappa shape index (κ1) is 14.8. The minimum absolute atomic E-state index is 0.0483. The molecule has 1 aliphatic rings. The van der Waals surface area contributed by atoms with Gasteiger partial charge in [-0.15, -0.1) is 0 Å². The third-order valence-corrected chi connectivity index (χ3v) is 3.58. The van der Waals surface area contributed by atoms with Crippen LogP contribution in [0.5, 0.6) is 0 Å². The van der Waals surface area contributed by atoms with Crippen LogP contribution in [0.4, 0.5) is 5.82 Å². The number of aromatic nitrogens is 2. The molecule has 0 spiro atoms. The molecule has 0 N–H and O–H groups in total. The van der Waals surface area contributed by atoms with Crippen LogP contribution in [0.25, 0.3) is 0 Å². The predicted octanol–water partition coefficient (Wildman–Crippen LogP) is 1.83. The second kappa shape index (κ2) is 5.77. The van der Waals surface area contributed by atoms with Gasteiger partial charge in [-0.05, 0) is 12.5 Å². The molecule has 0 bridgehead atoms. The summed E-state index contributed by atoms with van der Waals surface area (Å²) in [6, 6.07) is 1.96. The monoisotopic (exact) mass is 276 g/mol. The lowest BCUT2D eigenvalue weighted by Gasteiger charge is -2.24. The third kappa shape index (κ3) is 3.46. The Labute approximate surface area is 121 Å². The highest BCUT2D eigenvalue weighted by atomic mass is 16.2. The molecule has 1 aromatic rings. The Kier molecular flexibility index (Phi) is 4.26. The van der Waals surface area contributed by atoms with Gasteiger partial charge in [0.1, 0.15) is 11.6 Å². The van der Waals surface area contributed by atoms with E-state index in [0.29, 0.717) is 0 Å². The molecule has 0 aliphatic carbocycles. The molecule has 1 aliphatic heterocycles. The van der Waals surface area contributed by atoms with Gasteiger partial charge in [-0.25, -0.2) is 9.97 Å². The van der Waals surface area contributed by atoms with Crippen molar-refractivity contribution in [2.24, 2.45) is 0 Å². The molecular formula is C15H24N4O. The summed E-state index contributed by atoms with van der Waals surface area (Å²) < 4.78 is 0. The quantitative estimate of drug-likeness (QED) is 0.785. The first-order chi connectivity index (χ1) is 9.38. The van der Waals surface area contributed by atoms with Crippen LogP contribution in [-0.2, 0) is 10.2 Å². The lowest BCUT2D eigenvalue weighted by atomic mass is 9.96. The third-order valence-electron chi connectivity index (χ3n) is 3.58. The maximum Gasteiger partial charge on any atom is 0.219 e. The van der Waals surface area contributed by atoms with E-state index in [-0.39, 0.29) is 11.3 Å². The van der Waals surface area contributed by atoms with Crippen molar-refractivity contribution in [1.29, 1.82) is 0 Å². The van der Waals surface area contributed by atoms with Crippen LogP contribution in [0.3, 0.4) is 0 Å². The SMILES string of the molecule is CC(=O)N1CCCN(c2ccnc(C(C)(C)C)n2)CC1. The number of carbonyl (C=O) groups is 1. The van der Waals surface area contributed by atoms with Gasteiger partial charge >= 0.3 is 0 Å². The fraction of sp³-hybridized carbons (Fsp3) is 0.667. The van der Waals surface area contributed by atoms with Gasteiger partial charge in [0, 0.05) is 44.7 Å². The van der Waals surface area contributed by atoms with Crippen molar-refractivity contribution < 1.29 is 4.79 Å². The first-order valence-corrected chi connectivity index (χ1v) is 7.22. The number of rotatable bonds is 1. The predicted molar refractivity (Wildman–Crippen MR) is 79.8 cm³/mol. The number of hydrogen-bond acceptors (Lipinski definition) is 4. The van der Waals surface area contributed by atoms with E-state index in [2.05, 4.69) is 30.7 Å². The fourth-order valence-corrected chi connectivity index (χ4v) is 2.35. The fourth-order valence-electron chi connectivity index (χ4n) is 2.35. The Morgan fingerprint density at radius 1 is 1.20 bits per heavy atom. The molecule has 2 heterocycles. The van der Waals surface area contributed by atoms with Crippen LogP contribution in [0.2, 0.25) is 0 Å². The maximum absolute atomic E-state index is 11.5. The van der Waals surface area contributed by atoms with Crippen LogP contribution in [-0.4, -0.2) is 47.0 Å². The average Bonchev–Trinajstić information content (AvgIpc) is 2.63. The molecular weight excluding hydrogens is 252 g/mol. The van der Waals surface area contributed by atoms with Crippen molar-refractivity contribution in [1.82, 2.24) is 14.9 Å². The van der Waals surface area contributed by atoms with Gasteiger partial charge in [0.05, 0.1) is 0 Å². The van der Waals surface area contributed by atoms with Crippen LogP contribution >= 0.6 is 0 Å². The number of amides is 1. The standard InChI is InChI=1S/C15H24N4O/c1-12(20)18-8-5-9-19(11-10-18)13-6-7-16-14(17-13)15(2,3)4/h6-7H,5,8-11H2,1-4H3. The number of anilines is 1. The van der Waals surface area contributed by atoms with E-state index in [0.717, 1.165) is 44.2 Å². The van der Waals surface area contributed by atoms with Gasteiger partial charge in [-0.3, -0.25) is 4.79 Å². The van der Waals surface area contributed by atoms with Gasteiger partial charge < -0.3 is 9.80 Å². The van der Waals surface area contributed by atoms with Crippen molar-refractivity contribution in [2.45, 2.75) is 39.5 Å². The molecule has 5 heteroatoms. The molecule has 1 saturated heterocycles. The topological polar surface area (TPSA) is 49.3 Å². The van der Waals surface area contributed by atoms with Crippen molar-refractivity contribution in [3.05, 3.63) is 18.1 Å². The van der Waals surface area contributed by atoms with E-state index >= 15 is 0 Å². The zero-order valence-corrected chi connectivity index (χ0v) is 12.9. The molecule has 0 radical (unpaired) electrons. The molecule has 5 nitrogen and oxygen atoms in total. The molecule has 1 amide bonds. The smallest absolute Gasteiger partial charge is 0.219 e. The summed E-state index contributed by atoms with van der Waals surface area (Å²) in [6.07, 6.45) is 2.81. The van der Waals surface area contributed by atoms with Gasteiger partial charge in [-0.1, -0.05) is 20.8 Å². The van der Waals surface area contributed by atoms with Crippen LogP contribution in [0.15, 0.2) is 12.3 Å². The Bertz CT molecular complexity index is 481. The summed E-state index contributed by atoms with van der Waals surface area (Å²) in [5.74, 6) is 1.99. The lowest BCUT2D eigenvalue weighted by Crippen LogP contribution is -2.34. The van der Waals surface area contributed by atoms with Gasteiger partial charge in [0.15, 0.2) is 0 Å². The molecule has 1 fully saturated rings. The molecule has 0 saturated carbocycles. The molecule has 110 valence electrons. The van der Waals surface area contributed by atoms with Crippen molar-refractivity contribution in [3.63, 3.8) is 0 Å². The Morgan fingerprint density at radius 3 is 2.60 bits per heavy atom. The van der Waals surface area contributed by atoms with E-state index in [1.54, 1.807) is 6.92 Å². The highest BCUT2D eigenvalue weighted by Crippen LogP contribution is 2.21. The van der Waals surface area contributed by atoms with Gasteiger partial charge in [0.25, 0.3) is 0 Å². The molecule has 1 aromatic heterocycles. The Balaban J connectivity index is 2.14. The molecule has 0 unspecified atom stereocenters. The van der Waals surface area contributed by atoms with Crippen molar-refractivity contribution >= 4 is 11.7 Å². The van der Waals surface area contributed by atoms with Crippen LogP contribution in [0, 0.1) is 0 Å². The van der Waals surface area contributed by atoms with Gasteiger partial charge in [-0.2, -0.15) is 0 Å². The van der Waals surface area contributed by atoms with E-state index in [4.69, 9.17) is 4.98 Å². The second-order valence-corrected chi connectivity index (χ2v) is 6.34. The van der Waals surface area contributed by atoms with E-state index < -0.39 is 0 Å². The summed E-state index contributed by atoms with van der Waals surface area (Å²) in [5.41, 5.74) is -0.0483. The summed E-state index contributed by atoms with van der Waals surface area (Å²) in [5, 5.41) is 0. The minimum atomic E-state index is -0.0483. The van der Waals surface area contributed by atoms with Crippen LogP contribution in [0.1, 0.15) is 39.9 Å². The number of carbonyl (C=O) groups excluding carboxylic acids is 1. The van der Waals surface area contributed by atoms with Crippen molar-refractivity contribution in [3.8, 4) is 0 Å². The highest BCUT2D eigenvalue weighted by Gasteiger charge is 2.21. The van der Waals surface area contributed by atoms with E-state index in [1.807, 2.05) is 17.2 Å². The first-order valence-electron chi connectivity index (χ1n) is 7.22. The zero-order valence-electron chi connectivity index (χ0n) is 12.9. The summed E-state index contributed by atoms with van der Waals surface area (Å²) >= 11 is 0. The van der Waals surface area contributed by atoms with E-state index in [9.17, 15) is 4.79 Å². The maximum atomic E-state index is 11.5. The molecule has 0 aromatic carbocycles. The number of nitrogens with zero attached hydrogens (tertiary/aromatic N) is 4. The summed E-state index contributed by atoms with van der Waals surface area (Å²) in [7, 11) is 0. The minimum Gasteiger partial charge on any atom is -0.355 e. The average molecular weight is 276 g/mol. The summed E-state index contributed by atoms with van der Waals surface area (Å²) in [4.78, 5) is 24.7. The Hall–Kier alpha value is -1.65. The number of hydrogen-bond donors (Lipinski definition) is 0. The zero-order chi connectivity index (χ0) is 14.8. The second-order valence-electron chi connectivity index (χ2n) is 6.34. The van der Waals surface area contributed by atoms with Gasteiger partial charge in [0.2, 0.25) is 5.91 Å². The van der Waals surface area contributed by atoms with Crippen molar-refractivity contribution in [2.75, 3.05) is 31.1 Å². The van der Waals surface area contributed by atoms with Crippen LogP contribution < -0.4 is 4.90 Å². The normalized spacial score (nSPS) is 17.0. The summed E-state index contributed by atoms with van der Waals surface area (Å²) in [6.45, 7) is 11.4.